The Kier molecular flexibility index (Phi) is 4.63. The molecule has 0 saturated carbocycles. The molecule has 22 heavy (non-hydrogen) atoms. The molecular formula is C15H18ClFN2O3. The molecule has 2 aliphatic rings. The second kappa shape index (κ2) is 6.50. The minimum Gasteiger partial charge on any atom is -0.392 e. The van der Waals surface area contributed by atoms with E-state index in [1.54, 1.807) is 11.0 Å². The Morgan fingerprint density at radius 2 is 2.32 bits per heavy atom. The van der Waals surface area contributed by atoms with Crippen LogP contribution in [0.25, 0.3) is 0 Å². The highest BCUT2D eigenvalue weighted by molar-refractivity contribution is 6.30. The van der Waals surface area contributed by atoms with Crippen molar-refractivity contribution in [3.05, 3.63) is 34.6 Å². The maximum absolute atomic E-state index is 13.2. The summed E-state index contributed by atoms with van der Waals surface area (Å²) in [6.45, 7) is 1.77. The normalized spacial score (nSPS) is 28.9. The van der Waals surface area contributed by atoms with E-state index in [4.69, 9.17) is 16.3 Å². The van der Waals surface area contributed by atoms with Gasteiger partial charge in [-0.25, -0.2) is 4.39 Å². The average Bonchev–Trinajstić information content (AvgIpc) is 2.96. The van der Waals surface area contributed by atoms with E-state index in [2.05, 4.69) is 5.32 Å². The quantitative estimate of drug-likeness (QED) is 0.853. The van der Waals surface area contributed by atoms with Gasteiger partial charge in [-0.15, -0.1) is 0 Å². The number of morpholine rings is 1. The van der Waals surface area contributed by atoms with Gasteiger partial charge in [0.1, 0.15) is 11.9 Å². The third-order valence-corrected chi connectivity index (χ3v) is 4.39. The third-order valence-electron chi connectivity index (χ3n) is 4.10. The van der Waals surface area contributed by atoms with E-state index in [1.807, 2.05) is 0 Å². The van der Waals surface area contributed by atoms with Gasteiger partial charge in [0.15, 0.2) is 0 Å². The van der Waals surface area contributed by atoms with Gasteiger partial charge in [-0.1, -0.05) is 17.7 Å². The smallest absolute Gasteiger partial charge is 0.239 e. The summed E-state index contributed by atoms with van der Waals surface area (Å²) in [5.41, 5.74) is 0.753. The Hall–Kier alpha value is -1.21. The largest absolute Gasteiger partial charge is 0.392 e. The summed E-state index contributed by atoms with van der Waals surface area (Å²) < 4.78 is 18.9. The van der Waals surface area contributed by atoms with Crippen molar-refractivity contribution < 1.29 is 19.0 Å². The van der Waals surface area contributed by atoms with Gasteiger partial charge in [-0.2, -0.15) is 0 Å². The van der Waals surface area contributed by atoms with Crippen LogP contribution >= 0.6 is 11.6 Å². The number of benzene rings is 1. The second-order valence-corrected chi connectivity index (χ2v) is 6.07. The van der Waals surface area contributed by atoms with Gasteiger partial charge in [0.05, 0.1) is 30.3 Å². The summed E-state index contributed by atoms with van der Waals surface area (Å²) in [7, 11) is 0. The highest BCUT2D eigenvalue weighted by Crippen LogP contribution is 2.26. The maximum Gasteiger partial charge on any atom is 0.239 e. The number of hydrogen-bond donors (Lipinski definition) is 2. The number of aliphatic hydroxyl groups excluding tert-OH is 1. The summed E-state index contributed by atoms with van der Waals surface area (Å²) in [5, 5.41) is 12.6. The van der Waals surface area contributed by atoms with Crippen molar-refractivity contribution in [2.24, 2.45) is 0 Å². The molecule has 0 aliphatic carbocycles. The van der Waals surface area contributed by atoms with Crippen LogP contribution in [0.3, 0.4) is 0 Å². The molecule has 0 radical (unpaired) electrons. The van der Waals surface area contributed by atoms with Crippen LogP contribution in [0, 0.1) is 5.82 Å². The first-order chi connectivity index (χ1) is 10.5. The van der Waals surface area contributed by atoms with Crippen molar-refractivity contribution in [2.45, 2.75) is 24.7 Å². The summed E-state index contributed by atoms with van der Waals surface area (Å²) in [6, 6.07) is 4.12. The monoisotopic (exact) mass is 328 g/mol. The number of nitrogens with zero attached hydrogens (tertiary/aromatic N) is 1. The Balaban J connectivity index is 1.68. The zero-order chi connectivity index (χ0) is 15.7. The molecule has 0 unspecified atom stereocenters. The first-order valence-electron chi connectivity index (χ1n) is 7.31. The third kappa shape index (κ3) is 3.25. The van der Waals surface area contributed by atoms with Crippen LogP contribution in [0.1, 0.15) is 18.1 Å². The van der Waals surface area contributed by atoms with Crippen LogP contribution in [-0.2, 0) is 9.53 Å². The number of ether oxygens (including phenoxy) is 1. The Morgan fingerprint density at radius 1 is 1.50 bits per heavy atom. The molecular weight excluding hydrogens is 311 g/mol. The van der Waals surface area contributed by atoms with Crippen LogP contribution < -0.4 is 5.32 Å². The highest BCUT2D eigenvalue weighted by atomic mass is 35.5. The number of nitrogens with one attached hydrogen (secondary N) is 1. The molecule has 120 valence electrons. The predicted molar refractivity (Wildman–Crippen MR) is 79.1 cm³/mol. The summed E-state index contributed by atoms with van der Waals surface area (Å²) in [6.07, 6.45) is -0.354. The van der Waals surface area contributed by atoms with E-state index >= 15 is 0 Å². The number of rotatable bonds is 2. The van der Waals surface area contributed by atoms with Gasteiger partial charge in [0.25, 0.3) is 0 Å². The Labute approximate surface area is 133 Å². The molecule has 1 aromatic rings. The molecule has 1 aromatic carbocycles. The maximum atomic E-state index is 13.2. The molecule has 0 spiro atoms. The Bertz CT molecular complexity index is 572. The summed E-state index contributed by atoms with van der Waals surface area (Å²) in [4.78, 5) is 14.2. The average molecular weight is 329 g/mol. The van der Waals surface area contributed by atoms with Crippen molar-refractivity contribution in [1.82, 2.24) is 10.2 Å². The standard InChI is InChI=1S/C15H18ClFN2O3/c16-11-5-9(1-2-12(11)17)14-8-19(3-4-22-14)15(21)13-6-10(20)7-18-13/h1-2,5,10,13-14,18,20H,3-4,6-8H2/t10-,13+,14+/m1/s1. The minimum atomic E-state index is -0.474. The van der Waals surface area contributed by atoms with Crippen molar-refractivity contribution >= 4 is 17.5 Å². The van der Waals surface area contributed by atoms with E-state index in [1.165, 1.54) is 12.1 Å². The van der Waals surface area contributed by atoms with Crippen LogP contribution in [0.2, 0.25) is 5.02 Å². The van der Waals surface area contributed by atoms with E-state index in [-0.39, 0.29) is 23.1 Å². The van der Waals surface area contributed by atoms with Crippen molar-refractivity contribution in [3.63, 3.8) is 0 Å². The van der Waals surface area contributed by atoms with Gasteiger partial charge >= 0.3 is 0 Å². The number of carbonyl (C=O) groups is 1. The lowest BCUT2D eigenvalue weighted by Crippen LogP contribution is -2.49. The van der Waals surface area contributed by atoms with Crippen molar-refractivity contribution in [1.29, 1.82) is 0 Å². The van der Waals surface area contributed by atoms with Crippen LogP contribution in [-0.4, -0.2) is 54.3 Å². The van der Waals surface area contributed by atoms with Gasteiger partial charge in [-0.05, 0) is 24.1 Å². The first-order valence-corrected chi connectivity index (χ1v) is 7.69. The van der Waals surface area contributed by atoms with Gasteiger partial charge < -0.3 is 20.1 Å². The SMILES string of the molecule is O=C([C@@H]1C[C@@H](O)CN1)N1CCO[C@H](c2ccc(F)c(Cl)c2)C1. The molecule has 2 heterocycles. The molecule has 2 saturated heterocycles. The molecule has 2 N–H and O–H groups in total. The fourth-order valence-electron chi connectivity index (χ4n) is 2.89. The minimum absolute atomic E-state index is 0.0296. The van der Waals surface area contributed by atoms with E-state index in [0.29, 0.717) is 32.7 Å². The van der Waals surface area contributed by atoms with Crippen molar-refractivity contribution in [2.75, 3.05) is 26.2 Å². The van der Waals surface area contributed by atoms with Gasteiger partial charge in [0.2, 0.25) is 5.91 Å². The predicted octanol–water partition coefficient (Wildman–Crippen LogP) is 1.10. The Morgan fingerprint density at radius 3 is 3.00 bits per heavy atom. The lowest BCUT2D eigenvalue weighted by molar-refractivity contribution is -0.141. The zero-order valence-electron chi connectivity index (χ0n) is 12.0. The van der Waals surface area contributed by atoms with E-state index in [0.717, 1.165) is 5.56 Å². The molecule has 3 atom stereocenters. The zero-order valence-corrected chi connectivity index (χ0v) is 12.7. The van der Waals surface area contributed by atoms with Crippen LogP contribution in [0.5, 0.6) is 0 Å². The number of aliphatic hydroxyl groups is 1. The molecule has 0 bridgehead atoms. The number of halogens is 2. The first kappa shape index (κ1) is 15.7. The summed E-state index contributed by atoms with van der Waals surface area (Å²) >= 11 is 5.80. The topological polar surface area (TPSA) is 61.8 Å². The fourth-order valence-corrected chi connectivity index (χ4v) is 3.08. The lowest BCUT2D eigenvalue weighted by Gasteiger charge is -2.34. The molecule has 5 nitrogen and oxygen atoms in total. The van der Waals surface area contributed by atoms with Crippen LogP contribution in [0.15, 0.2) is 18.2 Å². The van der Waals surface area contributed by atoms with Crippen LogP contribution in [0.4, 0.5) is 4.39 Å². The lowest BCUT2D eigenvalue weighted by atomic mass is 10.1. The molecule has 1 amide bonds. The second-order valence-electron chi connectivity index (χ2n) is 5.67. The number of hydrogen-bond acceptors (Lipinski definition) is 4. The number of carbonyl (C=O) groups excluding carboxylic acids is 1. The van der Waals surface area contributed by atoms with Gasteiger partial charge in [-0.3, -0.25) is 4.79 Å². The van der Waals surface area contributed by atoms with Gasteiger partial charge in [0, 0.05) is 13.1 Å². The van der Waals surface area contributed by atoms with Crippen molar-refractivity contribution in [3.8, 4) is 0 Å². The molecule has 2 aliphatic heterocycles. The molecule has 0 aromatic heterocycles. The highest BCUT2D eigenvalue weighted by Gasteiger charge is 2.34. The molecule has 7 heteroatoms. The fraction of sp³-hybridized carbons (Fsp3) is 0.533. The molecule has 2 fully saturated rings. The number of amides is 1. The number of β-amino-alcohol motifs (C(OH)–C–C–N with tert-alkyl or cyclic N) is 1. The molecule has 3 rings (SSSR count). The summed E-state index contributed by atoms with van der Waals surface area (Å²) in [5.74, 6) is -0.503. The van der Waals surface area contributed by atoms with E-state index in [9.17, 15) is 14.3 Å². The van der Waals surface area contributed by atoms with E-state index < -0.39 is 11.9 Å².